The van der Waals surface area contributed by atoms with Crippen LogP contribution in [0.2, 0.25) is 0 Å². The summed E-state index contributed by atoms with van der Waals surface area (Å²) >= 11 is 1.34. The zero-order valence-corrected chi connectivity index (χ0v) is 10.2. The quantitative estimate of drug-likeness (QED) is 0.882. The molecule has 1 aromatic heterocycles. The lowest BCUT2D eigenvalue weighted by Crippen LogP contribution is -1.97. The summed E-state index contributed by atoms with van der Waals surface area (Å²) in [7, 11) is 0. The molecule has 1 aromatic carbocycles. The normalized spacial score (nSPS) is 13.0. The van der Waals surface area contributed by atoms with Crippen LogP contribution in [0.3, 0.4) is 0 Å². The van der Waals surface area contributed by atoms with Crippen LogP contribution in [0.15, 0.2) is 36.5 Å². The Bertz CT molecular complexity index is 433. The predicted molar refractivity (Wildman–Crippen MR) is 66.7 cm³/mol. The molecule has 0 saturated heterocycles. The van der Waals surface area contributed by atoms with E-state index in [2.05, 4.69) is 30.4 Å². The summed E-state index contributed by atoms with van der Waals surface area (Å²) in [6.45, 7) is 4.32. The van der Waals surface area contributed by atoms with Gasteiger partial charge in [-0.05, 0) is 34.6 Å². The molecule has 0 bridgehead atoms. The van der Waals surface area contributed by atoms with Crippen molar-refractivity contribution in [3.63, 3.8) is 0 Å². The zero-order valence-electron chi connectivity index (χ0n) is 9.42. The van der Waals surface area contributed by atoms with Gasteiger partial charge in [0.25, 0.3) is 0 Å². The SMILES string of the molecule is CC(C)c1ccc(C(O)c2ccns2)cc1. The van der Waals surface area contributed by atoms with Crippen LogP contribution in [-0.2, 0) is 0 Å². The molecule has 0 aliphatic rings. The molecule has 0 spiro atoms. The summed E-state index contributed by atoms with van der Waals surface area (Å²) < 4.78 is 4.00. The Labute approximate surface area is 99.7 Å². The van der Waals surface area contributed by atoms with Gasteiger partial charge in [-0.1, -0.05) is 38.1 Å². The minimum Gasteiger partial charge on any atom is -0.383 e. The molecule has 1 atom stereocenters. The van der Waals surface area contributed by atoms with Crippen molar-refractivity contribution in [1.29, 1.82) is 0 Å². The molecule has 16 heavy (non-hydrogen) atoms. The third kappa shape index (κ3) is 2.31. The van der Waals surface area contributed by atoms with Crippen LogP contribution in [0.4, 0.5) is 0 Å². The van der Waals surface area contributed by atoms with Crippen molar-refractivity contribution >= 4 is 11.5 Å². The molecule has 0 aliphatic heterocycles. The minimum absolute atomic E-state index is 0.523. The summed E-state index contributed by atoms with van der Waals surface area (Å²) in [5.74, 6) is 0.523. The Hall–Kier alpha value is -1.19. The second-order valence-electron chi connectivity index (χ2n) is 4.14. The highest BCUT2D eigenvalue weighted by molar-refractivity contribution is 7.05. The van der Waals surface area contributed by atoms with Gasteiger partial charge in [0.05, 0.1) is 4.88 Å². The first-order chi connectivity index (χ1) is 7.68. The molecule has 0 saturated carbocycles. The monoisotopic (exact) mass is 233 g/mol. The van der Waals surface area contributed by atoms with E-state index in [0.29, 0.717) is 5.92 Å². The van der Waals surface area contributed by atoms with E-state index in [0.717, 1.165) is 10.4 Å². The molecule has 3 heteroatoms. The highest BCUT2D eigenvalue weighted by Crippen LogP contribution is 2.25. The summed E-state index contributed by atoms with van der Waals surface area (Å²) in [6, 6.07) is 9.97. The van der Waals surface area contributed by atoms with Gasteiger partial charge in [-0.3, -0.25) is 0 Å². The molecule has 0 aliphatic carbocycles. The van der Waals surface area contributed by atoms with Crippen molar-refractivity contribution < 1.29 is 5.11 Å². The first kappa shape index (κ1) is 11.3. The maximum Gasteiger partial charge on any atom is 0.115 e. The van der Waals surface area contributed by atoms with Gasteiger partial charge in [0.1, 0.15) is 6.10 Å². The lowest BCUT2D eigenvalue weighted by atomic mass is 10.00. The molecule has 2 aromatic rings. The summed E-state index contributed by atoms with van der Waals surface area (Å²) in [5.41, 5.74) is 2.22. The fourth-order valence-corrected chi connectivity index (χ4v) is 2.20. The number of aliphatic hydroxyl groups is 1. The molecule has 0 amide bonds. The Balaban J connectivity index is 2.22. The Morgan fingerprint density at radius 1 is 1.06 bits per heavy atom. The number of hydrogen-bond donors (Lipinski definition) is 1. The fourth-order valence-electron chi connectivity index (χ4n) is 1.59. The van der Waals surface area contributed by atoms with Crippen molar-refractivity contribution in [2.75, 3.05) is 0 Å². The van der Waals surface area contributed by atoms with Gasteiger partial charge < -0.3 is 5.11 Å². The lowest BCUT2D eigenvalue weighted by Gasteiger charge is -2.10. The standard InChI is InChI=1S/C13H15NOS/c1-9(2)10-3-5-11(6-4-10)13(15)12-7-8-14-16-12/h3-9,13,15H,1-2H3. The van der Waals surface area contributed by atoms with Crippen LogP contribution in [0.1, 0.15) is 41.9 Å². The van der Waals surface area contributed by atoms with E-state index in [1.807, 2.05) is 18.2 Å². The number of aliphatic hydroxyl groups excluding tert-OH is 1. The number of benzene rings is 1. The van der Waals surface area contributed by atoms with Crippen LogP contribution in [0.5, 0.6) is 0 Å². The van der Waals surface area contributed by atoms with E-state index < -0.39 is 6.10 Å². The van der Waals surface area contributed by atoms with Crippen LogP contribution in [0.25, 0.3) is 0 Å². The van der Waals surface area contributed by atoms with Crippen LogP contribution in [-0.4, -0.2) is 9.48 Å². The maximum absolute atomic E-state index is 10.1. The molecular formula is C13H15NOS. The molecule has 1 heterocycles. The van der Waals surface area contributed by atoms with Gasteiger partial charge in [0.2, 0.25) is 0 Å². The van der Waals surface area contributed by atoms with E-state index in [4.69, 9.17) is 0 Å². The van der Waals surface area contributed by atoms with Crippen molar-refractivity contribution in [3.05, 3.63) is 52.5 Å². The Morgan fingerprint density at radius 2 is 1.69 bits per heavy atom. The molecule has 84 valence electrons. The van der Waals surface area contributed by atoms with Gasteiger partial charge >= 0.3 is 0 Å². The van der Waals surface area contributed by atoms with E-state index in [-0.39, 0.29) is 0 Å². The van der Waals surface area contributed by atoms with Crippen molar-refractivity contribution in [2.24, 2.45) is 0 Å². The Morgan fingerprint density at radius 3 is 2.19 bits per heavy atom. The van der Waals surface area contributed by atoms with Crippen molar-refractivity contribution in [2.45, 2.75) is 25.9 Å². The zero-order chi connectivity index (χ0) is 11.5. The number of nitrogens with zero attached hydrogens (tertiary/aromatic N) is 1. The summed E-state index contributed by atoms with van der Waals surface area (Å²) in [6.07, 6.45) is 1.17. The molecular weight excluding hydrogens is 218 g/mol. The predicted octanol–water partition coefficient (Wildman–Crippen LogP) is 3.35. The number of hydrogen-bond acceptors (Lipinski definition) is 3. The third-order valence-corrected chi connectivity index (χ3v) is 3.44. The first-order valence-electron chi connectivity index (χ1n) is 5.37. The second kappa shape index (κ2) is 4.76. The molecule has 1 N–H and O–H groups in total. The topological polar surface area (TPSA) is 33.1 Å². The Kier molecular flexibility index (Phi) is 3.36. The van der Waals surface area contributed by atoms with Gasteiger partial charge in [-0.2, -0.15) is 0 Å². The van der Waals surface area contributed by atoms with Gasteiger partial charge in [0, 0.05) is 6.20 Å². The average molecular weight is 233 g/mol. The van der Waals surface area contributed by atoms with E-state index in [9.17, 15) is 5.11 Å². The van der Waals surface area contributed by atoms with E-state index >= 15 is 0 Å². The molecule has 0 fully saturated rings. The summed E-state index contributed by atoms with van der Waals surface area (Å²) in [5, 5.41) is 10.1. The number of rotatable bonds is 3. The van der Waals surface area contributed by atoms with E-state index in [1.165, 1.54) is 17.1 Å². The molecule has 2 rings (SSSR count). The number of aromatic nitrogens is 1. The molecule has 2 nitrogen and oxygen atoms in total. The average Bonchev–Trinajstić information content (AvgIpc) is 2.81. The highest BCUT2D eigenvalue weighted by atomic mass is 32.1. The third-order valence-electron chi connectivity index (χ3n) is 2.65. The molecule has 0 radical (unpaired) electrons. The molecule has 1 unspecified atom stereocenters. The largest absolute Gasteiger partial charge is 0.383 e. The fraction of sp³-hybridized carbons (Fsp3) is 0.308. The lowest BCUT2D eigenvalue weighted by molar-refractivity contribution is 0.224. The maximum atomic E-state index is 10.1. The first-order valence-corrected chi connectivity index (χ1v) is 6.14. The van der Waals surface area contributed by atoms with E-state index in [1.54, 1.807) is 6.20 Å². The van der Waals surface area contributed by atoms with Gasteiger partial charge in [-0.15, -0.1) is 0 Å². The second-order valence-corrected chi connectivity index (χ2v) is 5.00. The van der Waals surface area contributed by atoms with Gasteiger partial charge in [-0.25, -0.2) is 4.37 Å². The van der Waals surface area contributed by atoms with Crippen LogP contribution < -0.4 is 0 Å². The van der Waals surface area contributed by atoms with Gasteiger partial charge in [0.15, 0.2) is 0 Å². The van der Waals surface area contributed by atoms with Crippen LogP contribution >= 0.6 is 11.5 Å². The minimum atomic E-state index is -0.547. The highest BCUT2D eigenvalue weighted by Gasteiger charge is 2.11. The van der Waals surface area contributed by atoms with Crippen molar-refractivity contribution in [3.8, 4) is 0 Å². The smallest absolute Gasteiger partial charge is 0.115 e. The van der Waals surface area contributed by atoms with Crippen LogP contribution in [0, 0.1) is 0 Å². The van der Waals surface area contributed by atoms with Crippen molar-refractivity contribution in [1.82, 2.24) is 4.37 Å². The summed E-state index contributed by atoms with van der Waals surface area (Å²) in [4.78, 5) is 0.886.